The number of hydrogen-bond donors (Lipinski definition) is 0. The molecule has 1 aliphatic heterocycles. The van der Waals surface area contributed by atoms with Crippen LogP contribution in [0.5, 0.6) is 0 Å². The zero-order valence-corrected chi connectivity index (χ0v) is 25.7. The fourth-order valence-corrected chi connectivity index (χ4v) is 5.63. The van der Waals surface area contributed by atoms with E-state index < -0.39 is 35.5 Å². The lowest BCUT2D eigenvalue weighted by Crippen LogP contribution is -2.41. The number of nitrogens with zero attached hydrogens (tertiary/aromatic N) is 5. The van der Waals surface area contributed by atoms with Crippen LogP contribution in [0.3, 0.4) is 0 Å². The molecule has 0 aliphatic carbocycles. The highest BCUT2D eigenvalue weighted by Gasteiger charge is 2.51. The second-order valence-electron chi connectivity index (χ2n) is 11.8. The Morgan fingerprint density at radius 1 is 1.05 bits per heavy atom. The van der Waals surface area contributed by atoms with Crippen LogP contribution in [0.25, 0.3) is 28.3 Å². The van der Waals surface area contributed by atoms with E-state index in [1.807, 2.05) is 34.6 Å². The van der Waals surface area contributed by atoms with Gasteiger partial charge in [0, 0.05) is 24.5 Å². The van der Waals surface area contributed by atoms with Gasteiger partial charge in [0.1, 0.15) is 22.9 Å². The van der Waals surface area contributed by atoms with E-state index in [0.29, 0.717) is 23.1 Å². The number of pyridine rings is 2. The van der Waals surface area contributed by atoms with Crippen molar-refractivity contribution in [2.45, 2.75) is 71.9 Å². The fraction of sp³-hybridized carbons (Fsp3) is 0.400. The SMILES string of the molecule is Cc1cnc(-c2cccc(-c3ncnn3C)c2F)c(F)c1-n1c(C)cc([C@H](C)CB2OC(C)(C)C(C)(C)O2)c(Cl)c1=O. The van der Waals surface area contributed by atoms with Gasteiger partial charge in [-0.05, 0) is 83.1 Å². The third-order valence-electron chi connectivity index (χ3n) is 8.35. The Morgan fingerprint density at radius 3 is 2.31 bits per heavy atom. The standard InChI is InChI=1S/C30H33BClF2N5O3/c1-16(13-31-41-29(4,5)30(6,7)42-31)21-12-18(3)39(28(40)22(21)32)26-17(2)14-35-25(24(26)34)19-10-9-11-20(23(19)33)27-36-15-37-38(27)8/h9-12,14-16H,13H2,1-8H3/t16-/m1/s1. The predicted molar refractivity (Wildman–Crippen MR) is 159 cm³/mol. The summed E-state index contributed by atoms with van der Waals surface area (Å²) in [6, 6.07) is 6.33. The quantitative estimate of drug-likeness (QED) is 0.239. The van der Waals surface area contributed by atoms with Gasteiger partial charge >= 0.3 is 7.12 Å². The molecule has 1 aliphatic rings. The Labute approximate surface area is 248 Å². The van der Waals surface area contributed by atoms with Crippen LogP contribution in [0.1, 0.15) is 57.4 Å². The molecule has 0 N–H and O–H groups in total. The molecule has 4 heterocycles. The molecule has 3 aromatic heterocycles. The summed E-state index contributed by atoms with van der Waals surface area (Å²) < 4.78 is 47.0. The minimum atomic E-state index is -0.844. The Bertz CT molecular complexity index is 1740. The zero-order valence-electron chi connectivity index (χ0n) is 24.9. The van der Waals surface area contributed by atoms with Gasteiger partial charge in [-0.2, -0.15) is 5.10 Å². The number of halogens is 3. The van der Waals surface area contributed by atoms with E-state index >= 15 is 8.78 Å². The van der Waals surface area contributed by atoms with E-state index in [1.165, 1.54) is 33.9 Å². The monoisotopic (exact) mass is 595 g/mol. The zero-order chi connectivity index (χ0) is 30.7. The smallest absolute Gasteiger partial charge is 0.403 e. The van der Waals surface area contributed by atoms with Crippen molar-refractivity contribution in [3.63, 3.8) is 0 Å². The number of hydrogen-bond acceptors (Lipinski definition) is 6. The van der Waals surface area contributed by atoms with Crippen LogP contribution < -0.4 is 5.56 Å². The molecular weight excluding hydrogens is 563 g/mol. The summed E-state index contributed by atoms with van der Waals surface area (Å²) >= 11 is 6.66. The highest BCUT2D eigenvalue weighted by molar-refractivity contribution is 6.45. The summed E-state index contributed by atoms with van der Waals surface area (Å²) in [4.78, 5) is 22.0. The molecule has 0 spiro atoms. The molecule has 1 fully saturated rings. The Balaban J connectivity index is 1.55. The molecule has 1 atom stereocenters. The molecule has 0 amide bonds. The van der Waals surface area contributed by atoms with Crippen molar-refractivity contribution < 1.29 is 18.1 Å². The van der Waals surface area contributed by atoms with Crippen LogP contribution in [0, 0.1) is 25.5 Å². The van der Waals surface area contributed by atoms with Crippen LogP contribution >= 0.6 is 11.6 Å². The summed E-state index contributed by atoms with van der Waals surface area (Å²) in [5.41, 5.74) is -0.293. The maximum atomic E-state index is 16.3. The largest absolute Gasteiger partial charge is 0.458 e. The fourth-order valence-electron chi connectivity index (χ4n) is 5.30. The van der Waals surface area contributed by atoms with Gasteiger partial charge in [-0.15, -0.1) is 0 Å². The summed E-state index contributed by atoms with van der Waals surface area (Å²) in [5, 5.41) is 3.96. The van der Waals surface area contributed by atoms with Gasteiger partial charge in [-0.3, -0.25) is 14.3 Å². The Hall–Kier alpha value is -3.41. The Kier molecular flexibility index (Phi) is 7.66. The normalized spacial score (nSPS) is 16.7. The third-order valence-corrected chi connectivity index (χ3v) is 8.73. The van der Waals surface area contributed by atoms with Crippen LogP contribution in [0.2, 0.25) is 11.3 Å². The molecule has 12 heteroatoms. The lowest BCUT2D eigenvalue weighted by atomic mass is 9.75. The van der Waals surface area contributed by atoms with E-state index in [4.69, 9.17) is 20.9 Å². The van der Waals surface area contributed by atoms with Gasteiger partial charge in [0.2, 0.25) is 0 Å². The summed E-state index contributed by atoms with van der Waals surface area (Å²) in [5.74, 6) is -1.46. The van der Waals surface area contributed by atoms with Gasteiger partial charge in [0.15, 0.2) is 11.6 Å². The molecule has 1 aromatic carbocycles. The van der Waals surface area contributed by atoms with Crippen molar-refractivity contribution in [3.8, 4) is 28.3 Å². The van der Waals surface area contributed by atoms with E-state index in [1.54, 1.807) is 33.0 Å². The van der Waals surface area contributed by atoms with Gasteiger partial charge in [0.05, 0.1) is 22.5 Å². The molecule has 42 heavy (non-hydrogen) atoms. The van der Waals surface area contributed by atoms with Crippen molar-refractivity contribution >= 4 is 18.7 Å². The lowest BCUT2D eigenvalue weighted by Gasteiger charge is -2.32. The lowest BCUT2D eigenvalue weighted by molar-refractivity contribution is 0.00578. The molecule has 0 unspecified atom stereocenters. The maximum absolute atomic E-state index is 16.3. The molecule has 5 rings (SSSR count). The topological polar surface area (TPSA) is 84.1 Å². The second kappa shape index (κ2) is 10.7. The number of rotatable bonds is 6. The highest BCUT2D eigenvalue weighted by Crippen LogP contribution is 2.40. The van der Waals surface area contributed by atoms with E-state index in [2.05, 4.69) is 15.1 Å². The summed E-state index contributed by atoms with van der Waals surface area (Å²) in [6.45, 7) is 13.2. The number of benzene rings is 1. The second-order valence-corrected chi connectivity index (χ2v) is 12.2. The van der Waals surface area contributed by atoms with Crippen LogP contribution in [0.4, 0.5) is 8.78 Å². The van der Waals surface area contributed by atoms with Gasteiger partial charge in [0.25, 0.3) is 5.56 Å². The van der Waals surface area contributed by atoms with Crippen molar-refractivity contribution in [2.24, 2.45) is 7.05 Å². The first kappa shape index (κ1) is 30.1. The van der Waals surface area contributed by atoms with E-state index in [0.717, 1.165) is 0 Å². The predicted octanol–water partition coefficient (Wildman–Crippen LogP) is 6.44. The van der Waals surface area contributed by atoms with Crippen LogP contribution in [0.15, 0.2) is 41.6 Å². The minimum Gasteiger partial charge on any atom is -0.403 e. The molecule has 0 saturated carbocycles. The van der Waals surface area contributed by atoms with Gasteiger partial charge < -0.3 is 9.31 Å². The van der Waals surface area contributed by atoms with Gasteiger partial charge in [-0.25, -0.2) is 18.4 Å². The summed E-state index contributed by atoms with van der Waals surface area (Å²) in [7, 11) is 1.16. The van der Waals surface area contributed by atoms with Crippen molar-refractivity contribution in [3.05, 3.63) is 80.6 Å². The third kappa shape index (κ3) is 4.97. The molecule has 220 valence electrons. The maximum Gasteiger partial charge on any atom is 0.458 e. The van der Waals surface area contributed by atoms with E-state index in [9.17, 15) is 4.79 Å². The van der Waals surface area contributed by atoms with Crippen LogP contribution in [-0.4, -0.2) is 42.6 Å². The van der Waals surface area contributed by atoms with Crippen molar-refractivity contribution in [1.82, 2.24) is 24.3 Å². The average Bonchev–Trinajstić information content (AvgIpc) is 3.41. The average molecular weight is 596 g/mol. The summed E-state index contributed by atoms with van der Waals surface area (Å²) in [6.07, 6.45) is 3.20. The molecule has 8 nitrogen and oxygen atoms in total. The van der Waals surface area contributed by atoms with Crippen molar-refractivity contribution in [1.29, 1.82) is 0 Å². The highest BCUT2D eigenvalue weighted by atomic mass is 35.5. The number of aryl methyl sites for hydroxylation is 3. The molecule has 4 aromatic rings. The first-order valence-corrected chi connectivity index (χ1v) is 14.1. The molecule has 0 radical (unpaired) electrons. The van der Waals surface area contributed by atoms with E-state index in [-0.39, 0.29) is 39.3 Å². The minimum absolute atomic E-state index is 0.0303. The first-order valence-electron chi connectivity index (χ1n) is 13.7. The molecular formula is C30H33BClF2N5O3. The first-order chi connectivity index (χ1) is 19.6. The molecule has 1 saturated heterocycles. The molecule has 0 bridgehead atoms. The van der Waals surface area contributed by atoms with Crippen molar-refractivity contribution in [2.75, 3.05) is 0 Å². The Morgan fingerprint density at radius 2 is 1.69 bits per heavy atom. The van der Waals surface area contributed by atoms with Crippen LogP contribution in [-0.2, 0) is 16.4 Å². The number of aromatic nitrogens is 5. The van der Waals surface area contributed by atoms with Gasteiger partial charge in [-0.1, -0.05) is 24.6 Å².